The van der Waals surface area contributed by atoms with Crippen molar-refractivity contribution in [3.8, 4) is 5.75 Å². The van der Waals surface area contributed by atoms with E-state index in [-0.39, 0.29) is 11.2 Å². The zero-order valence-corrected chi connectivity index (χ0v) is 15.2. The Bertz CT molecular complexity index is 699. The van der Waals surface area contributed by atoms with Crippen molar-refractivity contribution in [3.63, 3.8) is 0 Å². The predicted molar refractivity (Wildman–Crippen MR) is 96.3 cm³/mol. The highest BCUT2D eigenvalue weighted by Gasteiger charge is 2.20. The highest BCUT2D eigenvalue weighted by Crippen LogP contribution is 2.31. The van der Waals surface area contributed by atoms with Crippen LogP contribution in [0.3, 0.4) is 0 Å². The Morgan fingerprint density at radius 3 is 2.65 bits per heavy atom. The molecule has 0 aliphatic heterocycles. The van der Waals surface area contributed by atoms with Gasteiger partial charge in [0, 0.05) is 18.5 Å². The van der Waals surface area contributed by atoms with Crippen molar-refractivity contribution in [1.82, 2.24) is 9.88 Å². The summed E-state index contributed by atoms with van der Waals surface area (Å²) in [6.07, 6.45) is 0. The van der Waals surface area contributed by atoms with Gasteiger partial charge in [0.15, 0.2) is 0 Å². The lowest BCUT2D eigenvalue weighted by molar-refractivity contribution is -0.129. The van der Waals surface area contributed by atoms with Gasteiger partial charge in [0.25, 0.3) is 0 Å². The Hall–Kier alpha value is -1.75. The third-order valence-electron chi connectivity index (χ3n) is 3.93. The zero-order valence-electron chi connectivity index (χ0n) is 14.4. The lowest BCUT2D eigenvalue weighted by Crippen LogP contribution is -2.36. The maximum Gasteiger partial charge on any atom is 0.235 e. The Balaban J connectivity index is 2.32. The molecule has 0 saturated heterocycles. The molecule has 0 aliphatic carbocycles. The molecule has 0 bridgehead atoms. The number of hydrogen-bond donors (Lipinski definition) is 0. The van der Waals surface area contributed by atoms with E-state index in [0.29, 0.717) is 0 Å². The third kappa shape index (κ3) is 3.78. The molecule has 124 valence electrons. The number of rotatable bonds is 6. The largest absolute Gasteiger partial charge is 0.494 e. The summed E-state index contributed by atoms with van der Waals surface area (Å²) in [5.41, 5.74) is 1.99. The second kappa shape index (κ2) is 7.68. The van der Waals surface area contributed by atoms with Gasteiger partial charge in [0.1, 0.15) is 11.3 Å². The van der Waals surface area contributed by atoms with Crippen molar-refractivity contribution >= 4 is 28.6 Å². The van der Waals surface area contributed by atoms with Crippen molar-refractivity contribution in [2.24, 2.45) is 0 Å². The van der Waals surface area contributed by atoms with E-state index in [1.165, 1.54) is 11.8 Å². The van der Waals surface area contributed by atoms with Gasteiger partial charge in [-0.3, -0.25) is 4.79 Å². The maximum atomic E-state index is 12.4. The molecule has 0 spiro atoms. The topological polar surface area (TPSA) is 42.4 Å². The molecule has 1 heterocycles. The molecule has 1 unspecified atom stereocenters. The van der Waals surface area contributed by atoms with E-state index in [9.17, 15) is 4.79 Å². The van der Waals surface area contributed by atoms with Gasteiger partial charge in [-0.05, 0) is 45.4 Å². The highest BCUT2D eigenvalue weighted by atomic mass is 32.2. The van der Waals surface area contributed by atoms with Gasteiger partial charge in [-0.2, -0.15) is 0 Å². The summed E-state index contributed by atoms with van der Waals surface area (Å²) in [5.74, 6) is 0.912. The van der Waals surface area contributed by atoms with E-state index in [1.54, 1.807) is 7.11 Å². The van der Waals surface area contributed by atoms with Crippen molar-refractivity contribution in [3.05, 3.63) is 29.8 Å². The van der Waals surface area contributed by atoms with Crippen LogP contribution in [0.1, 0.15) is 26.3 Å². The number of thioether (sulfide) groups is 1. The first-order valence-corrected chi connectivity index (χ1v) is 8.79. The Morgan fingerprint density at radius 1 is 1.35 bits per heavy atom. The fraction of sp³-hybridized carbons (Fsp3) is 0.444. The van der Waals surface area contributed by atoms with Crippen LogP contribution in [0.4, 0.5) is 0 Å². The van der Waals surface area contributed by atoms with Crippen LogP contribution in [0, 0.1) is 6.92 Å². The number of ether oxygens (including phenoxy) is 1. The summed E-state index contributed by atoms with van der Waals surface area (Å²) in [4.78, 5) is 19.0. The summed E-state index contributed by atoms with van der Waals surface area (Å²) in [5, 5.41) is 1.78. The number of amides is 1. The lowest BCUT2D eigenvalue weighted by atomic mass is 10.1. The second-order valence-corrected chi connectivity index (χ2v) is 6.77. The van der Waals surface area contributed by atoms with Crippen molar-refractivity contribution in [2.45, 2.75) is 38.0 Å². The summed E-state index contributed by atoms with van der Waals surface area (Å²) < 4.78 is 5.42. The van der Waals surface area contributed by atoms with Crippen molar-refractivity contribution < 1.29 is 9.53 Å². The number of para-hydroxylation sites is 1. The van der Waals surface area contributed by atoms with Gasteiger partial charge in [0.05, 0.1) is 17.4 Å². The maximum absolute atomic E-state index is 12.4. The lowest BCUT2D eigenvalue weighted by Gasteiger charge is -2.22. The molecule has 0 aliphatic rings. The minimum absolute atomic E-state index is 0.152. The van der Waals surface area contributed by atoms with Crippen LogP contribution in [0.25, 0.3) is 10.9 Å². The zero-order chi connectivity index (χ0) is 17.0. The van der Waals surface area contributed by atoms with Crippen LogP contribution in [-0.2, 0) is 4.79 Å². The summed E-state index contributed by atoms with van der Waals surface area (Å²) in [6, 6.07) is 7.96. The molecule has 1 atom stereocenters. The number of methoxy groups -OCH3 is 1. The smallest absolute Gasteiger partial charge is 0.235 e. The monoisotopic (exact) mass is 332 g/mol. The third-order valence-corrected chi connectivity index (χ3v) is 4.93. The standard InChI is InChI=1S/C18H24N2O2S/c1-6-20(7-2)18(21)13(4)23-16-11-12(3)14-9-8-10-15(22-5)17(14)19-16/h8-11,13H,6-7H2,1-5H3. The quantitative estimate of drug-likeness (QED) is 0.752. The predicted octanol–water partition coefficient (Wildman–Crippen LogP) is 3.90. The van der Waals surface area contributed by atoms with Crippen LogP contribution in [0.2, 0.25) is 0 Å². The summed E-state index contributed by atoms with van der Waals surface area (Å²) in [7, 11) is 1.65. The Kier molecular flexibility index (Phi) is 5.88. The van der Waals surface area contributed by atoms with Crippen LogP contribution < -0.4 is 4.74 Å². The van der Waals surface area contributed by atoms with E-state index in [2.05, 4.69) is 6.92 Å². The molecule has 0 fully saturated rings. The Labute approximate surface area is 142 Å². The van der Waals surface area contributed by atoms with Gasteiger partial charge in [-0.15, -0.1) is 0 Å². The number of carbonyl (C=O) groups excluding carboxylic acids is 1. The van der Waals surface area contributed by atoms with Crippen molar-refractivity contribution in [1.29, 1.82) is 0 Å². The van der Waals surface area contributed by atoms with Crippen molar-refractivity contribution in [2.75, 3.05) is 20.2 Å². The Morgan fingerprint density at radius 2 is 2.04 bits per heavy atom. The normalized spacial score (nSPS) is 12.2. The molecule has 2 rings (SSSR count). The molecule has 0 radical (unpaired) electrons. The van der Waals surface area contributed by atoms with Crippen LogP contribution in [0.15, 0.2) is 29.3 Å². The van der Waals surface area contributed by atoms with Crippen LogP contribution >= 0.6 is 11.8 Å². The van der Waals surface area contributed by atoms with Crippen LogP contribution in [-0.4, -0.2) is 41.2 Å². The number of carbonyl (C=O) groups is 1. The van der Waals surface area contributed by atoms with E-state index in [4.69, 9.17) is 9.72 Å². The molecule has 23 heavy (non-hydrogen) atoms. The number of benzene rings is 1. The average molecular weight is 332 g/mol. The van der Waals surface area contributed by atoms with E-state index in [0.717, 1.165) is 40.3 Å². The fourth-order valence-electron chi connectivity index (χ4n) is 2.61. The highest BCUT2D eigenvalue weighted by molar-refractivity contribution is 8.00. The van der Waals surface area contributed by atoms with E-state index in [1.807, 2.05) is 49.9 Å². The van der Waals surface area contributed by atoms with Crippen LogP contribution in [0.5, 0.6) is 5.75 Å². The minimum Gasteiger partial charge on any atom is -0.494 e. The number of hydrogen-bond acceptors (Lipinski definition) is 4. The molecule has 4 nitrogen and oxygen atoms in total. The molecule has 5 heteroatoms. The number of pyridine rings is 1. The van der Waals surface area contributed by atoms with E-state index < -0.39 is 0 Å². The second-order valence-electron chi connectivity index (χ2n) is 5.40. The number of nitrogens with zero attached hydrogens (tertiary/aromatic N) is 2. The molecule has 1 amide bonds. The summed E-state index contributed by atoms with van der Waals surface area (Å²) >= 11 is 1.50. The molecule has 1 aromatic heterocycles. The van der Waals surface area contributed by atoms with E-state index >= 15 is 0 Å². The average Bonchev–Trinajstić information content (AvgIpc) is 2.55. The van der Waals surface area contributed by atoms with Gasteiger partial charge in [-0.25, -0.2) is 4.98 Å². The molecule has 0 N–H and O–H groups in total. The molecule has 1 aromatic carbocycles. The van der Waals surface area contributed by atoms with Gasteiger partial charge in [0.2, 0.25) is 5.91 Å². The van der Waals surface area contributed by atoms with Gasteiger partial charge >= 0.3 is 0 Å². The summed E-state index contributed by atoms with van der Waals surface area (Å²) in [6.45, 7) is 9.47. The first kappa shape index (κ1) is 17.6. The van der Waals surface area contributed by atoms with Gasteiger partial charge < -0.3 is 9.64 Å². The SMILES string of the molecule is CCN(CC)C(=O)C(C)Sc1cc(C)c2cccc(OC)c2n1. The number of aromatic nitrogens is 1. The van der Waals surface area contributed by atoms with Gasteiger partial charge in [-0.1, -0.05) is 23.9 Å². The molecular weight excluding hydrogens is 308 g/mol. The molecule has 2 aromatic rings. The first-order chi connectivity index (χ1) is 11.0. The first-order valence-electron chi connectivity index (χ1n) is 7.91. The molecule has 0 saturated carbocycles. The molecular formula is C18H24N2O2S. The number of aryl methyl sites for hydroxylation is 1. The minimum atomic E-state index is -0.158. The fourth-order valence-corrected chi connectivity index (χ4v) is 3.61. The number of fused-ring (bicyclic) bond motifs is 1.